The van der Waals surface area contributed by atoms with E-state index in [1.807, 2.05) is 0 Å². The van der Waals surface area contributed by atoms with E-state index in [2.05, 4.69) is 4.18 Å². The predicted molar refractivity (Wildman–Crippen MR) is 119 cm³/mol. The van der Waals surface area contributed by atoms with E-state index in [0.29, 0.717) is 6.07 Å². The van der Waals surface area contributed by atoms with Crippen LogP contribution in [0.1, 0.15) is 12.8 Å². The Morgan fingerprint density at radius 1 is 0.784 bits per heavy atom. The SMILES string of the molecule is C1CC[SH+]C1.COCCOc1ccc(OS(=O)(=O)C(F)(F)C(F)(F)C(F)(F)C(F)(F)F)c2ccccc12. The van der Waals surface area contributed by atoms with Crippen LogP contribution in [-0.2, 0) is 26.6 Å². The van der Waals surface area contributed by atoms with Crippen LogP contribution in [0, 0.1) is 0 Å². The Bertz CT molecular complexity index is 1140. The molecule has 1 aliphatic heterocycles. The lowest BCUT2D eigenvalue weighted by Gasteiger charge is -2.32. The van der Waals surface area contributed by atoms with Crippen LogP contribution in [0.15, 0.2) is 36.4 Å². The maximum absolute atomic E-state index is 13.9. The Hall–Kier alpha value is -2.07. The second-order valence-corrected chi connectivity index (χ2v) is 10.5. The van der Waals surface area contributed by atoms with Gasteiger partial charge in [0.2, 0.25) is 0 Å². The zero-order valence-corrected chi connectivity index (χ0v) is 20.7. The number of methoxy groups -OCH3 is 1. The molecule has 5 nitrogen and oxygen atoms in total. The molecule has 16 heteroatoms. The molecule has 0 saturated carbocycles. The molecule has 0 amide bonds. The van der Waals surface area contributed by atoms with Crippen molar-refractivity contribution in [2.75, 3.05) is 31.8 Å². The number of alkyl halides is 9. The largest absolute Gasteiger partial charge is 0.491 e. The third kappa shape index (κ3) is 6.50. The molecule has 37 heavy (non-hydrogen) atoms. The average molecular weight is 590 g/mol. The molecule has 2 aromatic carbocycles. The van der Waals surface area contributed by atoms with Gasteiger partial charge < -0.3 is 13.7 Å². The van der Waals surface area contributed by atoms with E-state index in [4.69, 9.17) is 9.47 Å². The standard InChI is InChI=1S/C17H13F9O5S.C4H8S/c1-29-8-9-30-12-6-7-13(11-5-3-2-4-10(11)12)31-32(27,28)17(25,26)15(20,21)14(18,19)16(22,23)24;1-2-4-5-3-1/h2-7H,8-9H2,1H3;1-4H2/p+1. The van der Waals surface area contributed by atoms with Crippen molar-refractivity contribution in [3.05, 3.63) is 36.4 Å². The second-order valence-electron chi connectivity index (χ2n) is 7.53. The molecule has 1 aliphatic rings. The van der Waals surface area contributed by atoms with Crippen LogP contribution in [0.2, 0.25) is 0 Å². The normalized spacial score (nSPS) is 15.3. The van der Waals surface area contributed by atoms with Crippen molar-refractivity contribution in [2.24, 2.45) is 0 Å². The van der Waals surface area contributed by atoms with E-state index in [-0.39, 0.29) is 29.7 Å². The van der Waals surface area contributed by atoms with E-state index in [9.17, 15) is 47.9 Å². The van der Waals surface area contributed by atoms with Crippen LogP contribution in [0.25, 0.3) is 10.8 Å². The highest BCUT2D eigenvalue weighted by atomic mass is 32.2. The van der Waals surface area contributed by atoms with Gasteiger partial charge in [-0.1, -0.05) is 24.3 Å². The fraction of sp³-hybridized carbons (Fsp3) is 0.524. The van der Waals surface area contributed by atoms with Gasteiger partial charge in [-0.25, -0.2) is 0 Å². The fourth-order valence-corrected chi connectivity index (χ4v) is 4.97. The van der Waals surface area contributed by atoms with Crippen LogP contribution in [0.4, 0.5) is 39.5 Å². The Kier molecular flexibility index (Phi) is 9.90. The Morgan fingerprint density at radius 3 is 1.76 bits per heavy atom. The van der Waals surface area contributed by atoms with Gasteiger partial charge in [-0.05, 0) is 36.7 Å². The first-order valence-corrected chi connectivity index (χ1v) is 13.1. The van der Waals surface area contributed by atoms with E-state index >= 15 is 0 Å². The highest BCUT2D eigenvalue weighted by Crippen LogP contribution is 2.55. The minimum Gasteiger partial charge on any atom is -0.491 e. The summed E-state index contributed by atoms with van der Waals surface area (Å²) in [5.74, 6) is -12.8. The number of fused-ring (bicyclic) bond motifs is 1. The molecule has 0 radical (unpaired) electrons. The number of ether oxygens (including phenoxy) is 2. The lowest BCUT2D eigenvalue weighted by molar-refractivity contribution is -0.382. The highest BCUT2D eigenvalue weighted by Gasteiger charge is 2.86. The molecule has 0 N–H and O–H groups in total. The Labute approximate surface area is 210 Å². The first kappa shape index (κ1) is 31.1. The average Bonchev–Trinajstić information content (AvgIpc) is 3.39. The summed E-state index contributed by atoms with van der Waals surface area (Å²) in [5.41, 5.74) is 0. The van der Waals surface area contributed by atoms with E-state index in [1.54, 1.807) is 11.8 Å². The van der Waals surface area contributed by atoms with Crippen molar-refractivity contribution >= 4 is 32.7 Å². The topological polar surface area (TPSA) is 61.8 Å². The fourth-order valence-electron chi connectivity index (χ4n) is 2.92. The van der Waals surface area contributed by atoms with Crippen LogP contribution < -0.4 is 8.92 Å². The van der Waals surface area contributed by atoms with Gasteiger partial charge in [0.1, 0.15) is 23.9 Å². The molecule has 1 heterocycles. The first-order valence-electron chi connectivity index (χ1n) is 10.4. The van der Waals surface area contributed by atoms with Crippen molar-refractivity contribution in [3.63, 3.8) is 0 Å². The van der Waals surface area contributed by atoms with Crippen molar-refractivity contribution < 1.29 is 61.6 Å². The molecule has 0 atom stereocenters. The molecule has 0 spiro atoms. The maximum Gasteiger partial charge on any atom is 0.460 e. The van der Waals surface area contributed by atoms with Gasteiger partial charge in [0, 0.05) is 17.9 Å². The molecule has 1 saturated heterocycles. The van der Waals surface area contributed by atoms with Crippen molar-refractivity contribution in [2.45, 2.75) is 36.1 Å². The van der Waals surface area contributed by atoms with Crippen molar-refractivity contribution in [1.29, 1.82) is 0 Å². The van der Waals surface area contributed by atoms with Crippen LogP contribution >= 0.6 is 0 Å². The number of hydrogen-bond donors (Lipinski definition) is 0. The number of benzene rings is 2. The zero-order valence-electron chi connectivity index (χ0n) is 19.0. The van der Waals surface area contributed by atoms with Crippen LogP contribution in [0.5, 0.6) is 11.5 Å². The second kappa shape index (κ2) is 11.8. The monoisotopic (exact) mass is 589 g/mol. The summed E-state index contributed by atoms with van der Waals surface area (Å²) < 4.78 is 155. The summed E-state index contributed by atoms with van der Waals surface area (Å²) in [5, 5.41) is -7.23. The molecule has 0 aliphatic carbocycles. The van der Waals surface area contributed by atoms with Crippen molar-refractivity contribution in [1.82, 2.24) is 0 Å². The van der Waals surface area contributed by atoms with Gasteiger partial charge >= 0.3 is 33.4 Å². The number of hydrogen-bond acceptors (Lipinski definition) is 5. The minimum atomic E-state index is -7.39. The van der Waals surface area contributed by atoms with Gasteiger partial charge in [0.05, 0.1) is 6.61 Å². The minimum absolute atomic E-state index is 0.00415. The van der Waals surface area contributed by atoms with Gasteiger partial charge in [0.15, 0.2) is 5.75 Å². The highest BCUT2D eigenvalue weighted by molar-refractivity contribution is 7.88. The number of rotatable bonds is 9. The summed E-state index contributed by atoms with van der Waals surface area (Å²) in [4.78, 5) is 0. The quantitative estimate of drug-likeness (QED) is 0.125. The van der Waals surface area contributed by atoms with Crippen LogP contribution in [-0.4, -0.2) is 63.5 Å². The smallest absolute Gasteiger partial charge is 0.460 e. The van der Waals surface area contributed by atoms with Gasteiger partial charge in [0.25, 0.3) is 0 Å². The molecular weight excluding hydrogens is 567 g/mol. The molecule has 3 rings (SSSR count). The molecule has 210 valence electrons. The van der Waals surface area contributed by atoms with E-state index < -0.39 is 39.1 Å². The number of halogens is 9. The zero-order chi connectivity index (χ0) is 28.1. The molecule has 2 aromatic rings. The molecule has 0 aromatic heterocycles. The van der Waals surface area contributed by atoms with Gasteiger partial charge in [-0.2, -0.15) is 47.9 Å². The summed E-state index contributed by atoms with van der Waals surface area (Å²) in [6.07, 6.45) is -4.20. The van der Waals surface area contributed by atoms with Crippen LogP contribution in [0.3, 0.4) is 0 Å². The molecular formula is C21H22F9O5S2+. The third-order valence-corrected chi connectivity index (χ3v) is 7.45. The predicted octanol–water partition coefficient (Wildman–Crippen LogP) is 5.59. The van der Waals surface area contributed by atoms with E-state index in [0.717, 1.165) is 12.1 Å². The first-order chi connectivity index (χ1) is 17.0. The van der Waals surface area contributed by atoms with Gasteiger partial charge in [-0.3, -0.25) is 0 Å². The van der Waals surface area contributed by atoms with Crippen molar-refractivity contribution in [3.8, 4) is 11.5 Å². The van der Waals surface area contributed by atoms with E-state index in [1.165, 1.54) is 49.7 Å². The summed E-state index contributed by atoms with van der Waals surface area (Å²) >= 11 is 1.69. The molecule has 0 bridgehead atoms. The van der Waals surface area contributed by atoms with Gasteiger partial charge in [-0.15, -0.1) is 0 Å². The summed E-state index contributed by atoms with van der Waals surface area (Å²) in [6.45, 7) is 0.117. The summed E-state index contributed by atoms with van der Waals surface area (Å²) in [7, 11) is -5.70. The lowest BCUT2D eigenvalue weighted by Crippen LogP contribution is -2.63. The Morgan fingerprint density at radius 2 is 1.30 bits per heavy atom. The molecule has 0 unspecified atom stereocenters. The maximum atomic E-state index is 13.9. The third-order valence-electron chi connectivity index (χ3n) is 4.90. The molecule has 1 fully saturated rings. The Balaban J connectivity index is 0.000000856. The number of thiol groups is 1. The summed E-state index contributed by atoms with van der Waals surface area (Å²) in [6, 6.07) is 6.70. The lowest BCUT2D eigenvalue weighted by atomic mass is 10.1.